The topological polar surface area (TPSA) is 101 Å². The lowest BCUT2D eigenvalue weighted by molar-refractivity contribution is 0.0695. The summed E-state index contributed by atoms with van der Waals surface area (Å²) >= 11 is 0. The lowest BCUT2D eigenvalue weighted by atomic mass is 9.88. The van der Waals surface area contributed by atoms with E-state index < -0.39 is 40.0 Å². The molecule has 11 heteroatoms. The van der Waals surface area contributed by atoms with Crippen LogP contribution in [0.4, 0.5) is 19.0 Å². The fraction of sp³-hybridized carbons (Fsp3) is 0.318. The third kappa shape index (κ3) is 4.40. The molecule has 3 N–H and O–H groups in total. The van der Waals surface area contributed by atoms with Gasteiger partial charge in [-0.25, -0.2) is 22.9 Å². The highest BCUT2D eigenvalue weighted by molar-refractivity contribution is 5.92. The van der Waals surface area contributed by atoms with Gasteiger partial charge in [0.1, 0.15) is 17.2 Å². The Labute approximate surface area is 193 Å². The second-order valence-corrected chi connectivity index (χ2v) is 8.56. The molecule has 1 aliphatic heterocycles. The van der Waals surface area contributed by atoms with Crippen LogP contribution in [0.1, 0.15) is 30.6 Å². The summed E-state index contributed by atoms with van der Waals surface area (Å²) in [5.74, 6) is -4.18. The van der Waals surface area contributed by atoms with Crippen molar-refractivity contribution in [2.24, 2.45) is 11.7 Å². The molecule has 0 saturated carbocycles. The Kier molecular flexibility index (Phi) is 6.45. The second-order valence-electron chi connectivity index (χ2n) is 8.56. The van der Waals surface area contributed by atoms with Gasteiger partial charge in [0.2, 0.25) is 5.43 Å². The smallest absolute Gasteiger partial charge is 0.341 e. The number of rotatable bonds is 4. The molecular formula is C22H22ClF3N4O3. The maximum absolute atomic E-state index is 15.0. The van der Waals surface area contributed by atoms with Crippen molar-refractivity contribution in [3.8, 4) is 5.69 Å². The van der Waals surface area contributed by atoms with Crippen LogP contribution in [0.5, 0.6) is 0 Å². The number of fused-ring (bicyclic) bond motifs is 1. The van der Waals surface area contributed by atoms with E-state index in [0.717, 1.165) is 29.0 Å². The van der Waals surface area contributed by atoms with Crippen molar-refractivity contribution >= 4 is 35.2 Å². The van der Waals surface area contributed by atoms with Crippen LogP contribution >= 0.6 is 12.4 Å². The van der Waals surface area contributed by atoms with Gasteiger partial charge in [0, 0.05) is 30.9 Å². The molecule has 0 radical (unpaired) electrons. The Morgan fingerprint density at radius 2 is 1.91 bits per heavy atom. The van der Waals surface area contributed by atoms with Gasteiger partial charge in [0.25, 0.3) is 0 Å². The molecule has 176 valence electrons. The lowest BCUT2D eigenvalue weighted by Gasteiger charge is -2.27. The van der Waals surface area contributed by atoms with Gasteiger partial charge in [-0.15, -0.1) is 12.4 Å². The monoisotopic (exact) mass is 482 g/mol. The Balaban J connectivity index is 0.00000306. The summed E-state index contributed by atoms with van der Waals surface area (Å²) in [6.07, 6.45) is 1.62. The largest absolute Gasteiger partial charge is 0.477 e. The average Bonchev–Trinajstić information content (AvgIpc) is 3.19. The summed E-state index contributed by atoms with van der Waals surface area (Å²) in [5.41, 5.74) is 3.68. The molecule has 33 heavy (non-hydrogen) atoms. The molecule has 1 saturated heterocycles. The third-order valence-corrected chi connectivity index (χ3v) is 5.85. The third-order valence-electron chi connectivity index (χ3n) is 5.85. The molecule has 4 rings (SSSR count). The molecule has 1 aromatic carbocycles. The maximum Gasteiger partial charge on any atom is 0.341 e. The first-order chi connectivity index (χ1) is 15.0. The molecular weight excluding hydrogens is 461 g/mol. The number of pyridine rings is 2. The fourth-order valence-electron chi connectivity index (χ4n) is 4.01. The standard InChI is InChI=1S/C22H21F3N4O3.ClH/c1-22(2,26)11-5-6-28(9-11)20-16(25)8-13-18(30)14(21(31)32)10-29(19(13)27-20)17-4-3-12(23)7-15(17)24;/h3-4,7-8,10-11H,5-6,9,26H2,1-2H3,(H,31,32);1H/t11-;/m1./s1. The maximum atomic E-state index is 15.0. The number of anilines is 1. The molecule has 2 aromatic heterocycles. The predicted octanol–water partition coefficient (Wildman–Crippen LogP) is 3.49. The van der Waals surface area contributed by atoms with Crippen molar-refractivity contribution in [1.82, 2.24) is 9.55 Å². The van der Waals surface area contributed by atoms with E-state index in [1.165, 1.54) is 0 Å². The van der Waals surface area contributed by atoms with E-state index in [4.69, 9.17) is 5.73 Å². The van der Waals surface area contributed by atoms with E-state index in [1.54, 1.807) is 4.90 Å². The quantitative estimate of drug-likeness (QED) is 0.590. The number of hydrogen-bond acceptors (Lipinski definition) is 5. The molecule has 1 aliphatic rings. The van der Waals surface area contributed by atoms with Crippen LogP contribution in [0, 0.1) is 23.4 Å². The highest BCUT2D eigenvalue weighted by Crippen LogP contribution is 2.31. The Morgan fingerprint density at radius 1 is 1.21 bits per heavy atom. The highest BCUT2D eigenvalue weighted by Gasteiger charge is 2.34. The summed E-state index contributed by atoms with van der Waals surface area (Å²) in [4.78, 5) is 30.2. The molecule has 0 amide bonds. The minimum Gasteiger partial charge on any atom is -0.477 e. The van der Waals surface area contributed by atoms with Crippen LogP contribution in [0.15, 0.2) is 35.3 Å². The number of carbonyl (C=O) groups is 1. The normalized spacial score (nSPS) is 16.2. The molecule has 7 nitrogen and oxygen atoms in total. The predicted molar refractivity (Wildman–Crippen MR) is 120 cm³/mol. The van der Waals surface area contributed by atoms with Crippen molar-refractivity contribution in [2.45, 2.75) is 25.8 Å². The lowest BCUT2D eigenvalue weighted by Crippen LogP contribution is -2.42. The Morgan fingerprint density at radius 3 is 2.48 bits per heavy atom. The number of aromatic nitrogens is 2. The van der Waals surface area contributed by atoms with Crippen molar-refractivity contribution in [2.75, 3.05) is 18.0 Å². The van der Waals surface area contributed by atoms with E-state index in [-0.39, 0.29) is 40.9 Å². The van der Waals surface area contributed by atoms with Crippen molar-refractivity contribution in [3.63, 3.8) is 0 Å². The van der Waals surface area contributed by atoms with Crippen molar-refractivity contribution in [3.05, 3.63) is 63.7 Å². The van der Waals surface area contributed by atoms with Gasteiger partial charge in [-0.05, 0) is 44.4 Å². The Hall–Kier alpha value is -3.11. The second kappa shape index (κ2) is 8.68. The number of aromatic carboxylic acids is 1. The number of halogens is 4. The zero-order valence-corrected chi connectivity index (χ0v) is 18.6. The minimum atomic E-state index is -1.56. The molecule has 0 bridgehead atoms. The first-order valence-corrected chi connectivity index (χ1v) is 9.96. The van der Waals surface area contributed by atoms with Crippen molar-refractivity contribution < 1.29 is 23.1 Å². The number of hydrogen-bond donors (Lipinski definition) is 2. The van der Waals surface area contributed by atoms with Gasteiger partial charge in [-0.1, -0.05) is 0 Å². The van der Waals surface area contributed by atoms with Crippen LogP contribution in [-0.4, -0.2) is 39.3 Å². The number of nitrogens with two attached hydrogens (primary N) is 1. The molecule has 1 fully saturated rings. The number of carboxylic acids is 1. The zero-order chi connectivity index (χ0) is 23.4. The van der Waals surface area contributed by atoms with E-state index in [9.17, 15) is 23.5 Å². The number of benzene rings is 1. The van der Waals surface area contributed by atoms with Gasteiger partial charge in [0.15, 0.2) is 17.3 Å². The van der Waals surface area contributed by atoms with Gasteiger partial charge >= 0.3 is 5.97 Å². The molecule has 3 heterocycles. The summed E-state index contributed by atoms with van der Waals surface area (Å²) in [6, 6.07) is 3.61. The first kappa shape index (κ1) is 24.5. The number of nitrogens with zero attached hydrogens (tertiary/aromatic N) is 3. The average molecular weight is 483 g/mol. The molecule has 3 aromatic rings. The zero-order valence-electron chi connectivity index (χ0n) is 17.8. The van der Waals surface area contributed by atoms with Gasteiger partial charge in [-0.2, -0.15) is 0 Å². The van der Waals surface area contributed by atoms with Crippen LogP contribution in [0.3, 0.4) is 0 Å². The van der Waals surface area contributed by atoms with E-state index in [1.807, 2.05) is 13.8 Å². The summed E-state index contributed by atoms with van der Waals surface area (Å²) < 4.78 is 44.0. The minimum absolute atomic E-state index is 0. The fourth-order valence-corrected chi connectivity index (χ4v) is 4.01. The molecule has 0 unspecified atom stereocenters. The van der Waals surface area contributed by atoms with Gasteiger partial charge < -0.3 is 15.7 Å². The van der Waals surface area contributed by atoms with Crippen molar-refractivity contribution in [1.29, 1.82) is 0 Å². The summed E-state index contributed by atoms with van der Waals surface area (Å²) in [6.45, 7) is 4.67. The van der Waals surface area contributed by atoms with Gasteiger partial charge in [0.05, 0.1) is 11.1 Å². The highest BCUT2D eigenvalue weighted by atomic mass is 35.5. The van der Waals surface area contributed by atoms with Crippen LogP contribution < -0.4 is 16.1 Å². The SMILES string of the molecule is CC(C)(N)[C@@H]1CCN(c2nc3c(cc2F)c(=O)c(C(=O)O)cn3-c2ccc(F)cc2F)C1.Cl. The van der Waals surface area contributed by atoms with E-state index >= 15 is 4.39 Å². The van der Waals surface area contributed by atoms with Gasteiger partial charge in [-0.3, -0.25) is 9.36 Å². The summed E-state index contributed by atoms with van der Waals surface area (Å²) in [5, 5.41) is 9.08. The van der Waals surface area contributed by atoms with Crippen LogP contribution in [-0.2, 0) is 0 Å². The van der Waals surface area contributed by atoms with Crippen LogP contribution in [0.2, 0.25) is 0 Å². The first-order valence-electron chi connectivity index (χ1n) is 9.96. The van der Waals surface area contributed by atoms with E-state index in [2.05, 4.69) is 4.98 Å². The molecule has 1 atom stereocenters. The number of carboxylic acid groups (broad SMARTS) is 1. The Bertz CT molecular complexity index is 1310. The van der Waals surface area contributed by atoms with E-state index in [0.29, 0.717) is 25.6 Å². The molecule has 0 spiro atoms. The molecule has 0 aliphatic carbocycles. The summed E-state index contributed by atoms with van der Waals surface area (Å²) in [7, 11) is 0. The van der Waals surface area contributed by atoms with Crippen LogP contribution in [0.25, 0.3) is 16.7 Å².